The third kappa shape index (κ3) is 5.90. The normalized spacial score (nSPS) is 11.3. The fourth-order valence-corrected chi connectivity index (χ4v) is 4.37. The maximum absolute atomic E-state index is 14.2. The summed E-state index contributed by atoms with van der Waals surface area (Å²) in [5, 5.41) is 3.75. The lowest BCUT2D eigenvalue weighted by Crippen LogP contribution is -2.24. The molecular formula is C22H15F7N2O2S2. The molecule has 13 heteroatoms. The Balaban J connectivity index is 1.90. The van der Waals surface area contributed by atoms with E-state index in [-0.39, 0.29) is 17.2 Å². The third-order valence-corrected chi connectivity index (χ3v) is 5.77. The molecule has 35 heavy (non-hydrogen) atoms. The average molecular weight is 536 g/mol. The topological polar surface area (TPSA) is 50.4 Å². The number of ether oxygens (including phenoxy) is 1. The first-order chi connectivity index (χ1) is 16.4. The van der Waals surface area contributed by atoms with Crippen LogP contribution in [0.4, 0.5) is 41.4 Å². The molecule has 0 amide bonds. The van der Waals surface area contributed by atoms with Crippen molar-refractivity contribution < 1.29 is 40.3 Å². The lowest BCUT2D eigenvalue weighted by molar-refractivity contribution is -0.143. The summed E-state index contributed by atoms with van der Waals surface area (Å²) < 4.78 is 99.4. The molecule has 0 saturated carbocycles. The molecule has 0 unspecified atom stereocenters. The number of alkyl halides is 3. The molecule has 1 aromatic heterocycles. The first-order valence-electron chi connectivity index (χ1n) is 9.78. The van der Waals surface area contributed by atoms with E-state index in [1.807, 2.05) is 35.6 Å². The van der Waals surface area contributed by atoms with E-state index in [4.69, 9.17) is 17.0 Å². The molecule has 0 fully saturated rings. The van der Waals surface area contributed by atoms with Crippen LogP contribution in [0.25, 0.3) is 0 Å². The van der Waals surface area contributed by atoms with Gasteiger partial charge in [0.1, 0.15) is 16.3 Å². The van der Waals surface area contributed by atoms with E-state index in [2.05, 4.69) is 5.32 Å². The number of hydrogen-bond acceptors (Lipinski definition) is 4. The lowest BCUT2D eigenvalue weighted by Gasteiger charge is -2.16. The smallest absolute Gasteiger partial charge is 0.422 e. The SMILES string of the molecule is CCOC(=O)c1cc(Cc2ccccc2)sc1NC(=S)Nc1c(F)c(F)c(C(F)(F)F)c(F)c1F. The van der Waals surface area contributed by atoms with Crippen LogP contribution >= 0.6 is 23.6 Å². The van der Waals surface area contributed by atoms with Crippen molar-refractivity contribution in [3.8, 4) is 0 Å². The van der Waals surface area contributed by atoms with Crippen molar-refractivity contribution in [2.24, 2.45) is 0 Å². The zero-order valence-corrected chi connectivity index (χ0v) is 19.3. The monoisotopic (exact) mass is 536 g/mol. The van der Waals surface area contributed by atoms with Crippen LogP contribution in [0.5, 0.6) is 0 Å². The van der Waals surface area contributed by atoms with Crippen LogP contribution in [0, 0.1) is 23.3 Å². The number of rotatable bonds is 6. The summed E-state index contributed by atoms with van der Waals surface area (Å²) in [6.07, 6.45) is -5.26. The molecule has 2 N–H and O–H groups in total. The first kappa shape index (κ1) is 26.4. The Morgan fingerprint density at radius 1 is 1.00 bits per heavy atom. The van der Waals surface area contributed by atoms with Gasteiger partial charge in [-0.15, -0.1) is 11.3 Å². The van der Waals surface area contributed by atoms with Gasteiger partial charge in [0.2, 0.25) is 0 Å². The summed E-state index contributed by atoms with van der Waals surface area (Å²) in [6.45, 7) is 1.62. The van der Waals surface area contributed by atoms with Gasteiger partial charge in [0.15, 0.2) is 28.4 Å². The molecule has 0 aliphatic rings. The van der Waals surface area contributed by atoms with Gasteiger partial charge in [-0.2, -0.15) is 13.2 Å². The highest BCUT2D eigenvalue weighted by Crippen LogP contribution is 2.38. The van der Waals surface area contributed by atoms with Gasteiger partial charge in [-0.25, -0.2) is 22.4 Å². The highest BCUT2D eigenvalue weighted by atomic mass is 32.1. The van der Waals surface area contributed by atoms with Gasteiger partial charge in [0, 0.05) is 11.3 Å². The molecular weight excluding hydrogens is 521 g/mol. The van der Waals surface area contributed by atoms with Crippen molar-refractivity contribution in [1.82, 2.24) is 0 Å². The lowest BCUT2D eigenvalue weighted by atomic mass is 10.1. The summed E-state index contributed by atoms with van der Waals surface area (Å²) in [5.41, 5.74) is -3.33. The Labute approximate surface area is 203 Å². The Hall–Kier alpha value is -3.19. The molecule has 0 bridgehead atoms. The van der Waals surface area contributed by atoms with Gasteiger partial charge in [-0.05, 0) is 30.8 Å². The highest BCUT2D eigenvalue weighted by Gasteiger charge is 2.42. The fraction of sp³-hybridized carbons (Fsp3) is 0.182. The zero-order chi connectivity index (χ0) is 25.9. The summed E-state index contributed by atoms with van der Waals surface area (Å²) in [4.78, 5) is 13.0. The summed E-state index contributed by atoms with van der Waals surface area (Å²) in [7, 11) is 0. The van der Waals surface area contributed by atoms with E-state index in [0.29, 0.717) is 11.3 Å². The molecule has 0 atom stereocenters. The molecule has 3 aromatic rings. The number of halogens is 7. The number of nitrogens with one attached hydrogen (secondary N) is 2. The van der Waals surface area contributed by atoms with Crippen LogP contribution < -0.4 is 10.6 Å². The average Bonchev–Trinajstić information content (AvgIpc) is 3.17. The zero-order valence-electron chi connectivity index (χ0n) is 17.7. The van der Waals surface area contributed by atoms with E-state index in [0.717, 1.165) is 16.9 Å². The van der Waals surface area contributed by atoms with E-state index >= 15 is 0 Å². The second-order valence-corrected chi connectivity index (χ2v) is 8.47. The van der Waals surface area contributed by atoms with Crippen molar-refractivity contribution in [2.45, 2.75) is 19.5 Å². The predicted molar refractivity (Wildman–Crippen MR) is 121 cm³/mol. The van der Waals surface area contributed by atoms with Crippen LogP contribution in [0.2, 0.25) is 0 Å². The molecule has 0 aliphatic heterocycles. The third-order valence-electron chi connectivity index (χ3n) is 4.51. The van der Waals surface area contributed by atoms with Crippen molar-refractivity contribution >= 4 is 45.3 Å². The van der Waals surface area contributed by atoms with Crippen LogP contribution in [0.1, 0.15) is 33.3 Å². The molecule has 186 valence electrons. The number of carbonyl (C=O) groups excluding carboxylic acids is 1. The van der Waals surface area contributed by atoms with Crippen molar-refractivity contribution in [3.63, 3.8) is 0 Å². The van der Waals surface area contributed by atoms with Crippen molar-refractivity contribution in [1.29, 1.82) is 0 Å². The van der Waals surface area contributed by atoms with Crippen molar-refractivity contribution in [3.05, 3.63) is 81.2 Å². The van der Waals surface area contributed by atoms with Crippen LogP contribution in [-0.2, 0) is 17.3 Å². The second-order valence-electron chi connectivity index (χ2n) is 6.92. The number of thiocarbonyl (C=S) groups is 1. The minimum atomic E-state index is -5.67. The standard InChI is InChI=1S/C22H15F7N2O2S2/c1-2-33-20(32)12-9-11(8-10-6-4-3-5-7-10)35-19(12)31-21(34)30-18-16(25)14(23)13(22(27,28)29)15(24)17(18)26/h3-7,9H,2,8H2,1H3,(H2,30,31,34). The first-order valence-corrected chi connectivity index (χ1v) is 11.0. The maximum Gasteiger partial charge on any atom is 0.422 e. The summed E-state index contributed by atoms with van der Waals surface area (Å²) in [5.74, 6) is -10.6. The molecule has 1 heterocycles. The maximum atomic E-state index is 14.2. The minimum absolute atomic E-state index is 0.0256. The van der Waals surface area contributed by atoms with Gasteiger partial charge in [0.05, 0.1) is 12.2 Å². The Morgan fingerprint density at radius 3 is 2.14 bits per heavy atom. The minimum Gasteiger partial charge on any atom is -0.462 e. The van der Waals surface area contributed by atoms with Crippen molar-refractivity contribution in [2.75, 3.05) is 17.2 Å². The van der Waals surface area contributed by atoms with Gasteiger partial charge in [-0.1, -0.05) is 30.3 Å². The van der Waals surface area contributed by atoms with Crippen LogP contribution in [0.3, 0.4) is 0 Å². The van der Waals surface area contributed by atoms with E-state index < -0.39 is 51.8 Å². The van der Waals surface area contributed by atoms with Crippen LogP contribution in [0.15, 0.2) is 36.4 Å². The number of thiophene rings is 1. The molecule has 4 nitrogen and oxygen atoms in total. The van der Waals surface area contributed by atoms with Gasteiger partial charge >= 0.3 is 12.1 Å². The van der Waals surface area contributed by atoms with Crippen LogP contribution in [-0.4, -0.2) is 17.7 Å². The second kappa shape index (κ2) is 10.6. The molecule has 0 saturated heterocycles. The fourth-order valence-electron chi connectivity index (χ4n) is 3.02. The molecule has 0 aliphatic carbocycles. The quantitative estimate of drug-likeness (QED) is 0.155. The summed E-state index contributed by atoms with van der Waals surface area (Å²) >= 11 is 5.96. The highest BCUT2D eigenvalue weighted by molar-refractivity contribution is 7.80. The Kier molecular flexibility index (Phi) is 8.00. The number of esters is 1. The largest absolute Gasteiger partial charge is 0.462 e. The molecule has 0 radical (unpaired) electrons. The van der Waals surface area contributed by atoms with E-state index in [1.54, 1.807) is 6.92 Å². The Bertz CT molecular complexity index is 1230. The molecule has 2 aromatic carbocycles. The number of hydrogen-bond donors (Lipinski definition) is 2. The van der Waals surface area contributed by atoms with Gasteiger partial charge in [-0.3, -0.25) is 0 Å². The van der Waals surface area contributed by atoms with Gasteiger partial charge in [0.25, 0.3) is 0 Å². The number of anilines is 2. The molecule has 0 spiro atoms. The summed E-state index contributed by atoms with van der Waals surface area (Å²) in [6, 6.07) is 10.7. The Morgan fingerprint density at radius 2 is 1.60 bits per heavy atom. The number of benzene rings is 2. The molecule has 3 rings (SSSR count). The van der Waals surface area contributed by atoms with Gasteiger partial charge < -0.3 is 15.4 Å². The predicted octanol–water partition coefficient (Wildman–Crippen LogP) is 6.90. The number of carbonyl (C=O) groups is 1. The van der Waals surface area contributed by atoms with E-state index in [1.165, 1.54) is 6.07 Å². The van der Waals surface area contributed by atoms with E-state index in [9.17, 15) is 35.5 Å².